The van der Waals surface area contributed by atoms with Gasteiger partial charge < -0.3 is 4.90 Å². The van der Waals surface area contributed by atoms with Gasteiger partial charge in [-0.25, -0.2) is 10.4 Å². The van der Waals surface area contributed by atoms with E-state index in [2.05, 4.69) is 15.5 Å². The molecule has 0 aliphatic carbocycles. The molecule has 2 aromatic heterocycles. The molecule has 0 aliphatic rings. The highest BCUT2D eigenvalue weighted by Gasteiger charge is 2.13. The summed E-state index contributed by atoms with van der Waals surface area (Å²) in [5.41, 5.74) is 5.07. The zero-order valence-electron chi connectivity index (χ0n) is 13.6. The summed E-state index contributed by atoms with van der Waals surface area (Å²) in [5.74, 6) is -0.171. The van der Waals surface area contributed by atoms with Crippen LogP contribution in [0.25, 0.3) is 16.2 Å². The fourth-order valence-corrected chi connectivity index (χ4v) is 3.08. The van der Waals surface area contributed by atoms with E-state index in [0.717, 1.165) is 21.9 Å². The van der Waals surface area contributed by atoms with E-state index in [4.69, 9.17) is 11.6 Å². The number of aromatic nitrogens is 2. The minimum atomic E-state index is -0.171. The molecule has 0 bridgehead atoms. The Morgan fingerprint density at radius 3 is 2.80 bits per heavy atom. The Morgan fingerprint density at radius 1 is 1.40 bits per heavy atom. The van der Waals surface area contributed by atoms with Crippen molar-refractivity contribution >= 4 is 52.4 Å². The number of rotatable bonds is 5. The lowest BCUT2D eigenvalue weighted by molar-refractivity contribution is -0.121. The Balaban J connectivity index is 0.00000225. The zero-order valence-corrected chi connectivity index (χ0v) is 16.0. The van der Waals surface area contributed by atoms with Gasteiger partial charge in [-0.1, -0.05) is 23.7 Å². The van der Waals surface area contributed by atoms with Crippen molar-refractivity contribution in [2.24, 2.45) is 5.10 Å². The maximum Gasteiger partial charge on any atom is 0.254 e. The second-order valence-corrected chi connectivity index (χ2v) is 6.75. The summed E-state index contributed by atoms with van der Waals surface area (Å²) in [6, 6.07) is 7.47. The number of imidazole rings is 1. The van der Waals surface area contributed by atoms with Crippen LogP contribution in [0.5, 0.6) is 0 Å². The molecular formula is C16H17Cl2N5OS. The van der Waals surface area contributed by atoms with E-state index < -0.39 is 0 Å². The average Bonchev–Trinajstić information content (AvgIpc) is 3.09. The van der Waals surface area contributed by atoms with Crippen LogP contribution in [0.3, 0.4) is 0 Å². The van der Waals surface area contributed by atoms with Crippen molar-refractivity contribution in [2.75, 3.05) is 20.6 Å². The molecule has 0 radical (unpaired) electrons. The minimum absolute atomic E-state index is 0. The van der Waals surface area contributed by atoms with Gasteiger partial charge in [-0.15, -0.1) is 23.7 Å². The first-order chi connectivity index (χ1) is 11.5. The van der Waals surface area contributed by atoms with Gasteiger partial charge >= 0.3 is 0 Å². The average molecular weight is 398 g/mol. The summed E-state index contributed by atoms with van der Waals surface area (Å²) < 4.78 is 1.94. The molecule has 6 nitrogen and oxygen atoms in total. The van der Waals surface area contributed by atoms with E-state index in [1.165, 1.54) is 11.3 Å². The normalized spacial score (nSPS) is 11.2. The second-order valence-electron chi connectivity index (χ2n) is 5.44. The molecule has 0 saturated heterocycles. The quantitative estimate of drug-likeness (QED) is 0.531. The molecule has 0 saturated carbocycles. The van der Waals surface area contributed by atoms with Gasteiger partial charge in [-0.2, -0.15) is 5.10 Å². The van der Waals surface area contributed by atoms with Crippen LogP contribution >= 0.6 is 35.3 Å². The van der Waals surface area contributed by atoms with Crippen molar-refractivity contribution in [3.8, 4) is 11.3 Å². The molecule has 1 aromatic carbocycles. The minimum Gasteiger partial charge on any atom is -0.301 e. The first-order valence-electron chi connectivity index (χ1n) is 7.22. The molecule has 0 atom stereocenters. The van der Waals surface area contributed by atoms with Crippen LogP contribution in [0.2, 0.25) is 5.02 Å². The summed E-state index contributed by atoms with van der Waals surface area (Å²) in [4.78, 5) is 19.0. The van der Waals surface area contributed by atoms with E-state index >= 15 is 0 Å². The Morgan fingerprint density at radius 2 is 2.12 bits per heavy atom. The molecule has 1 N–H and O–H groups in total. The summed E-state index contributed by atoms with van der Waals surface area (Å²) >= 11 is 7.49. The molecule has 1 amide bonds. The number of nitrogens with zero attached hydrogens (tertiary/aromatic N) is 4. The van der Waals surface area contributed by atoms with Crippen LogP contribution in [0.15, 0.2) is 40.9 Å². The number of carbonyl (C=O) groups is 1. The summed E-state index contributed by atoms with van der Waals surface area (Å²) in [5, 5.41) is 6.69. The first-order valence-corrected chi connectivity index (χ1v) is 8.48. The molecular weight excluding hydrogens is 381 g/mol. The third-order valence-corrected chi connectivity index (χ3v) is 4.26. The number of amides is 1. The molecule has 0 fully saturated rings. The maximum atomic E-state index is 11.7. The van der Waals surface area contributed by atoms with Gasteiger partial charge in [-0.3, -0.25) is 9.20 Å². The molecule has 132 valence electrons. The number of nitrogens with one attached hydrogen (secondary N) is 1. The highest BCUT2D eigenvalue weighted by molar-refractivity contribution is 7.15. The van der Waals surface area contributed by atoms with Crippen LogP contribution < -0.4 is 5.43 Å². The predicted molar refractivity (Wildman–Crippen MR) is 105 cm³/mol. The molecule has 0 unspecified atom stereocenters. The number of hydrazone groups is 1. The molecule has 3 aromatic rings. The van der Waals surface area contributed by atoms with Crippen LogP contribution in [-0.4, -0.2) is 47.0 Å². The lowest BCUT2D eigenvalue weighted by Crippen LogP contribution is -2.30. The summed E-state index contributed by atoms with van der Waals surface area (Å²) in [6.45, 7) is 0.279. The Hall–Kier alpha value is -1.93. The van der Waals surface area contributed by atoms with Gasteiger partial charge in [0.1, 0.15) is 0 Å². The number of thiazole rings is 1. The lowest BCUT2D eigenvalue weighted by Gasteiger charge is -2.06. The van der Waals surface area contributed by atoms with E-state index in [-0.39, 0.29) is 24.9 Å². The van der Waals surface area contributed by atoms with Crippen LogP contribution in [-0.2, 0) is 4.79 Å². The first kappa shape index (κ1) is 19.4. The number of halogens is 2. The summed E-state index contributed by atoms with van der Waals surface area (Å²) in [6.07, 6.45) is 3.54. The number of fused-ring (bicyclic) bond motifs is 1. The second kappa shape index (κ2) is 8.44. The highest BCUT2D eigenvalue weighted by Crippen LogP contribution is 2.26. The molecule has 0 aliphatic heterocycles. The van der Waals surface area contributed by atoms with Gasteiger partial charge in [0, 0.05) is 22.2 Å². The van der Waals surface area contributed by atoms with Gasteiger partial charge in [-0.05, 0) is 26.2 Å². The van der Waals surface area contributed by atoms with Gasteiger partial charge in [0.05, 0.1) is 24.1 Å². The van der Waals surface area contributed by atoms with Crippen molar-refractivity contribution in [1.82, 2.24) is 19.7 Å². The smallest absolute Gasteiger partial charge is 0.254 e. The summed E-state index contributed by atoms with van der Waals surface area (Å²) in [7, 11) is 3.65. The Labute approximate surface area is 160 Å². The van der Waals surface area contributed by atoms with Crippen molar-refractivity contribution in [1.29, 1.82) is 0 Å². The number of carbonyl (C=O) groups excluding carboxylic acids is 1. The van der Waals surface area contributed by atoms with Crippen molar-refractivity contribution in [2.45, 2.75) is 0 Å². The van der Waals surface area contributed by atoms with E-state index in [9.17, 15) is 4.79 Å². The van der Waals surface area contributed by atoms with E-state index in [1.54, 1.807) is 11.1 Å². The standard InChI is InChI=1S/C16H16ClN5OS.ClH/c1-21(2)10-14(23)20-18-9-13-15(11-3-5-12(17)6-4-11)19-16-22(13)7-8-24-16;/h3-9H,10H2,1-2H3,(H,20,23);1H/b18-9+;. The molecule has 0 spiro atoms. The van der Waals surface area contributed by atoms with Crippen LogP contribution in [0.4, 0.5) is 0 Å². The van der Waals surface area contributed by atoms with Crippen molar-refractivity contribution < 1.29 is 4.79 Å². The Kier molecular flexibility index (Phi) is 6.55. The van der Waals surface area contributed by atoms with Gasteiger partial charge in [0.15, 0.2) is 4.96 Å². The maximum absolute atomic E-state index is 11.7. The molecule has 2 heterocycles. The topological polar surface area (TPSA) is 62.0 Å². The van der Waals surface area contributed by atoms with E-state index in [1.807, 2.05) is 54.3 Å². The number of likely N-dealkylation sites (N-methyl/N-ethyl adjacent to an activating group) is 1. The lowest BCUT2D eigenvalue weighted by atomic mass is 10.1. The zero-order chi connectivity index (χ0) is 17.1. The van der Waals surface area contributed by atoms with E-state index in [0.29, 0.717) is 5.02 Å². The Bertz CT molecular complexity index is 886. The van der Waals surface area contributed by atoms with Gasteiger partial charge in [0.25, 0.3) is 5.91 Å². The van der Waals surface area contributed by atoms with Crippen LogP contribution in [0, 0.1) is 0 Å². The fourth-order valence-electron chi connectivity index (χ4n) is 2.23. The third kappa shape index (κ3) is 4.58. The number of benzene rings is 1. The third-order valence-electron chi connectivity index (χ3n) is 3.25. The highest BCUT2D eigenvalue weighted by atomic mass is 35.5. The SMILES string of the molecule is CN(C)CC(=O)N/N=C/c1c(-c2ccc(Cl)cc2)nc2sccn12.Cl. The monoisotopic (exact) mass is 397 g/mol. The molecule has 3 rings (SSSR count). The van der Waals surface area contributed by atoms with Gasteiger partial charge in [0.2, 0.25) is 0 Å². The van der Waals surface area contributed by atoms with Crippen molar-refractivity contribution in [3.63, 3.8) is 0 Å². The molecule has 25 heavy (non-hydrogen) atoms. The largest absolute Gasteiger partial charge is 0.301 e. The number of hydrogen-bond donors (Lipinski definition) is 1. The van der Waals surface area contributed by atoms with Crippen molar-refractivity contribution in [3.05, 3.63) is 46.6 Å². The van der Waals surface area contributed by atoms with Crippen LogP contribution in [0.1, 0.15) is 5.69 Å². The molecule has 9 heteroatoms. The predicted octanol–water partition coefficient (Wildman–Crippen LogP) is 3.15. The number of hydrogen-bond acceptors (Lipinski definition) is 5. The fraction of sp³-hybridized carbons (Fsp3) is 0.188.